The van der Waals surface area contributed by atoms with E-state index in [-0.39, 0.29) is 17.6 Å². The van der Waals surface area contributed by atoms with Gasteiger partial charge in [-0.25, -0.2) is 0 Å². The van der Waals surface area contributed by atoms with Crippen molar-refractivity contribution in [2.45, 2.75) is 26.4 Å². The first-order valence-electron chi connectivity index (χ1n) is 7.78. The molecular weight excluding hydrogens is 304 g/mol. The number of hydrogen-bond acceptors (Lipinski definition) is 3. The fraction of sp³-hybridized carbons (Fsp3) is 0.211. The predicted octanol–water partition coefficient (Wildman–Crippen LogP) is 2.87. The smallest absolute Gasteiger partial charge is 0.255 e. The molecule has 1 aliphatic rings. The van der Waals surface area contributed by atoms with Gasteiger partial charge in [0.1, 0.15) is 6.04 Å². The second kappa shape index (κ2) is 6.28. The standard InChI is InChI=1S/C19H18N2O3/c1-12(21-11-15-5-3-4-6-17(15)19(21)24)18(23)20-16-9-7-14(8-10-16)13(2)22/h3-10,12H,11H2,1-2H3,(H,20,23)/t12-/m1/s1. The highest BCUT2D eigenvalue weighted by molar-refractivity contribution is 6.03. The van der Waals surface area contributed by atoms with E-state index in [0.717, 1.165) is 5.56 Å². The second-order valence-electron chi connectivity index (χ2n) is 5.89. The van der Waals surface area contributed by atoms with E-state index < -0.39 is 6.04 Å². The molecule has 2 aromatic rings. The van der Waals surface area contributed by atoms with Crippen LogP contribution in [0.15, 0.2) is 48.5 Å². The van der Waals surface area contributed by atoms with Crippen molar-refractivity contribution in [3.63, 3.8) is 0 Å². The van der Waals surface area contributed by atoms with E-state index in [1.54, 1.807) is 42.2 Å². The number of carbonyl (C=O) groups excluding carboxylic acids is 3. The Morgan fingerprint density at radius 1 is 1.08 bits per heavy atom. The Kier molecular flexibility index (Phi) is 4.16. The highest BCUT2D eigenvalue weighted by Crippen LogP contribution is 2.24. The first kappa shape index (κ1) is 15.9. The zero-order valence-electron chi connectivity index (χ0n) is 13.6. The average molecular weight is 322 g/mol. The van der Waals surface area contributed by atoms with Crippen molar-refractivity contribution in [1.29, 1.82) is 0 Å². The van der Waals surface area contributed by atoms with Gasteiger partial charge in [0.15, 0.2) is 5.78 Å². The van der Waals surface area contributed by atoms with Gasteiger partial charge < -0.3 is 10.2 Å². The van der Waals surface area contributed by atoms with Crippen LogP contribution < -0.4 is 5.32 Å². The Balaban J connectivity index is 1.70. The lowest BCUT2D eigenvalue weighted by Crippen LogP contribution is -2.42. The molecule has 2 aromatic carbocycles. The van der Waals surface area contributed by atoms with E-state index in [1.165, 1.54) is 6.92 Å². The summed E-state index contributed by atoms with van der Waals surface area (Å²) in [4.78, 5) is 37.7. The fourth-order valence-corrected chi connectivity index (χ4v) is 2.77. The third kappa shape index (κ3) is 2.93. The lowest BCUT2D eigenvalue weighted by Gasteiger charge is -2.23. The van der Waals surface area contributed by atoms with Gasteiger partial charge in [-0.2, -0.15) is 0 Å². The summed E-state index contributed by atoms with van der Waals surface area (Å²) >= 11 is 0. The lowest BCUT2D eigenvalue weighted by atomic mass is 10.1. The number of fused-ring (bicyclic) bond motifs is 1. The molecule has 0 aromatic heterocycles. The summed E-state index contributed by atoms with van der Waals surface area (Å²) in [6, 6.07) is 13.5. The minimum Gasteiger partial charge on any atom is -0.324 e. The summed E-state index contributed by atoms with van der Waals surface area (Å²) in [7, 11) is 0. The van der Waals surface area contributed by atoms with Crippen LogP contribution in [0.4, 0.5) is 5.69 Å². The first-order valence-corrected chi connectivity index (χ1v) is 7.78. The summed E-state index contributed by atoms with van der Waals surface area (Å²) in [5, 5.41) is 2.79. The van der Waals surface area contributed by atoms with Crippen molar-refractivity contribution >= 4 is 23.3 Å². The number of amides is 2. The molecule has 122 valence electrons. The van der Waals surface area contributed by atoms with Crippen molar-refractivity contribution in [2.24, 2.45) is 0 Å². The van der Waals surface area contributed by atoms with Crippen LogP contribution in [-0.4, -0.2) is 28.5 Å². The van der Waals surface area contributed by atoms with E-state index in [4.69, 9.17) is 0 Å². The second-order valence-corrected chi connectivity index (χ2v) is 5.89. The molecule has 5 nitrogen and oxygen atoms in total. The van der Waals surface area contributed by atoms with E-state index in [2.05, 4.69) is 5.32 Å². The Hall–Kier alpha value is -2.95. The van der Waals surface area contributed by atoms with Gasteiger partial charge in [0, 0.05) is 23.4 Å². The molecule has 1 N–H and O–H groups in total. The lowest BCUT2D eigenvalue weighted by molar-refractivity contribution is -0.120. The quantitative estimate of drug-likeness (QED) is 0.880. The molecule has 2 amide bonds. The normalized spacial score (nSPS) is 14.2. The molecule has 1 aliphatic heterocycles. The molecule has 0 fully saturated rings. The predicted molar refractivity (Wildman–Crippen MR) is 90.9 cm³/mol. The largest absolute Gasteiger partial charge is 0.324 e. The van der Waals surface area contributed by atoms with Gasteiger partial charge in [-0.15, -0.1) is 0 Å². The number of ketones is 1. The molecule has 0 saturated carbocycles. The maximum absolute atomic E-state index is 12.4. The minimum absolute atomic E-state index is 0.0262. The van der Waals surface area contributed by atoms with Gasteiger partial charge in [0.25, 0.3) is 5.91 Å². The van der Waals surface area contributed by atoms with Crippen LogP contribution in [0.1, 0.15) is 40.1 Å². The van der Waals surface area contributed by atoms with Crippen molar-refractivity contribution in [3.8, 4) is 0 Å². The Labute approximate surface area is 140 Å². The zero-order chi connectivity index (χ0) is 17.3. The van der Waals surface area contributed by atoms with Gasteiger partial charge in [0.2, 0.25) is 5.91 Å². The van der Waals surface area contributed by atoms with Crippen LogP contribution in [-0.2, 0) is 11.3 Å². The third-order valence-corrected chi connectivity index (χ3v) is 4.26. The van der Waals surface area contributed by atoms with Crippen LogP contribution in [0.5, 0.6) is 0 Å². The monoisotopic (exact) mass is 322 g/mol. The number of carbonyl (C=O) groups is 3. The average Bonchev–Trinajstić information content (AvgIpc) is 2.92. The molecule has 0 aliphatic carbocycles. The number of nitrogens with one attached hydrogen (secondary N) is 1. The minimum atomic E-state index is -0.586. The highest BCUT2D eigenvalue weighted by Gasteiger charge is 2.33. The molecule has 0 saturated heterocycles. The van der Waals surface area contributed by atoms with E-state index in [9.17, 15) is 14.4 Å². The summed E-state index contributed by atoms with van der Waals surface area (Å²) in [5.74, 6) is -0.409. The highest BCUT2D eigenvalue weighted by atomic mass is 16.2. The fourth-order valence-electron chi connectivity index (χ4n) is 2.77. The van der Waals surface area contributed by atoms with Crippen LogP contribution in [0.25, 0.3) is 0 Å². The SMILES string of the molecule is CC(=O)c1ccc(NC(=O)[C@@H](C)N2Cc3ccccc3C2=O)cc1. The molecular formula is C19H18N2O3. The van der Waals surface area contributed by atoms with Gasteiger partial charge in [-0.05, 0) is 49.7 Å². The number of hydrogen-bond donors (Lipinski definition) is 1. The number of anilines is 1. The van der Waals surface area contributed by atoms with E-state index >= 15 is 0 Å². The number of Topliss-reactive ketones (excluding diaryl/α,β-unsaturated/α-hetero) is 1. The Bertz CT molecular complexity index is 812. The molecule has 5 heteroatoms. The van der Waals surface area contributed by atoms with Crippen LogP contribution in [0.2, 0.25) is 0 Å². The summed E-state index contributed by atoms with van der Waals surface area (Å²) < 4.78 is 0. The van der Waals surface area contributed by atoms with Gasteiger partial charge in [0.05, 0.1) is 0 Å². The molecule has 0 spiro atoms. The zero-order valence-corrected chi connectivity index (χ0v) is 13.6. The van der Waals surface area contributed by atoms with Crippen molar-refractivity contribution < 1.29 is 14.4 Å². The number of benzene rings is 2. The molecule has 3 rings (SSSR count). The first-order chi connectivity index (χ1) is 11.5. The molecule has 0 radical (unpaired) electrons. The molecule has 24 heavy (non-hydrogen) atoms. The Morgan fingerprint density at radius 2 is 1.75 bits per heavy atom. The molecule has 0 bridgehead atoms. The topological polar surface area (TPSA) is 66.5 Å². The van der Waals surface area contributed by atoms with Crippen LogP contribution in [0.3, 0.4) is 0 Å². The third-order valence-electron chi connectivity index (χ3n) is 4.26. The van der Waals surface area contributed by atoms with Crippen LogP contribution in [0, 0.1) is 0 Å². The van der Waals surface area contributed by atoms with Crippen LogP contribution >= 0.6 is 0 Å². The van der Waals surface area contributed by atoms with Gasteiger partial charge >= 0.3 is 0 Å². The van der Waals surface area contributed by atoms with Crippen molar-refractivity contribution in [2.75, 3.05) is 5.32 Å². The molecule has 0 unspecified atom stereocenters. The van der Waals surface area contributed by atoms with Crippen molar-refractivity contribution in [1.82, 2.24) is 4.90 Å². The maximum Gasteiger partial charge on any atom is 0.255 e. The summed E-state index contributed by atoms with van der Waals surface area (Å²) in [6.45, 7) is 3.64. The van der Waals surface area contributed by atoms with E-state index in [0.29, 0.717) is 23.4 Å². The summed E-state index contributed by atoms with van der Waals surface area (Å²) in [5.41, 5.74) is 2.78. The Morgan fingerprint density at radius 3 is 2.38 bits per heavy atom. The molecule has 1 heterocycles. The summed E-state index contributed by atoms with van der Waals surface area (Å²) in [6.07, 6.45) is 0. The molecule has 1 atom stereocenters. The number of rotatable bonds is 4. The number of nitrogens with zero attached hydrogens (tertiary/aromatic N) is 1. The van der Waals surface area contributed by atoms with Crippen molar-refractivity contribution in [3.05, 3.63) is 65.2 Å². The van der Waals surface area contributed by atoms with Gasteiger partial charge in [-0.1, -0.05) is 18.2 Å². The maximum atomic E-state index is 12.4. The van der Waals surface area contributed by atoms with E-state index in [1.807, 2.05) is 18.2 Å². The van der Waals surface area contributed by atoms with Gasteiger partial charge in [-0.3, -0.25) is 14.4 Å².